The van der Waals surface area contributed by atoms with Crippen molar-refractivity contribution in [3.05, 3.63) is 63.4 Å². The van der Waals surface area contributed by atoms with Crippen LogP contribution in [0.25, 0.3) is 0 Å². The van der Waals surface area contributed by atoms with Crippen LogP contribution in [0.3, 0.4) is 0 Å². The molecular weight excluding hydrogens is 333 g/mol. The molecule has 2 atom stereocenters. The van der Waals surface area contributed by atoms with Crippen molar-refractivity contribution < 1.29 is 9.13 Å². The lowest BCUT2D eigenvalue weighted by atomic mass is 9.92. The second kappa shape index (κ2) is 5.78. The number of nitrogens with one attached hydrogen (secondary N) is 1. The van der Waals surface area contributed by atoms with Gasteiger partial charge < -0.3 is 10.1 Å². The molecule has 0 aliphatic carbocycles. The summed E-state index contributed by atoms with van der Waals surface area (Å²) in [6, 6.07) is 11.1. The molecule has 1 heterocycles. The topological polar surface area (TPSA) is 21.3 Å². The molecular formula is C17H17BrFNO. The van der Waals surface area contributed by atoms with Crippen molar-refractivity contribution in [1.82, 2.24) is 5.32 Å². The van der Waals surface area contributed by atoms with E-state index in [1.807, 2.05) is 7.05 Å². The lowest BCUT2D eigenvalue weighted by Crippen LogP contribution is -2.27. The van der Waals surface area contributed by atoms with E-state index in [0.29, 0.717) is 5.75 Å². The van der Waals surface area contributed by atoms with Crippen molar-refractivity contribution in [1.29, 1.82) is 0 Å². The standard InChI is InChI=1S/C17H17BrFNO/c1-10-3-5-12(14(18)7-10)17-9-15(20-2)13-6-4-11(19)8-16(13)21-17/h3-8,15,17,20H,9H2,1-2H3. The molecule has 0 saturated heterocycles. The van der Waals surface area contributed by atoms with E-state index in [-0.39, 0.29) is 18.0 Å². The second-order valence-electron chi connectivity index (χ2n) is 5.39. The Hall–Kier alpha value is -1.39. The van der Waals surface area contributed by atoms with Gasteiger partial charge in [0, 0.05) is 34.1 Å². The smallest absolute Gasteiger partial charge is 0.127 e. The Balaban J connectivity index is 1.99. The SMILES string of the molecule is CNC1CC(c2ccc(C)cc2Br)Oc2cc(F)ccc21. The summed E-state index contributed by atoms with van der Waals surface area (Å²) >= 11 is 3.60. The highest BCUT2D eigenvalue weighted by Gasteiger charge is 2.29. The van der Waals surface area contributed by atoms with Crippen LogP contribution >= 0.6 is 15.9 Å². The molecule has 0 radical (unpaired) electrons. The van der Waals surface area contributed by atoms with Gasteiger partial charge in [0.2, 0.25) is 0 Å². The molecule has 1 N–H and O–H groups in total. The molecule has 0 aromatic heterocycles. The summed E-state index contributed by atoms with van der Waals surface area (Å²) in [4.78, 5) is 0. The maximum Gasteiger partial charge on any atom is 0.127 e. The van der Waals surface area contributed by atoms with Gasteiger partial charge in [-0.1, -0.05) is 34.1 Å². The van der Waals surface area contributed by atoms with Gasteiger partial charge in [0.05, 0.1) is 0 Å². The summed E-state index contributed by atoms with van der Waals surface area (Å²) in [6.45, 7) is 2.05. The van der Waals surface area contributed by atoms with E-state index in [1.165, 1.54) is 17.7 Å². The molecule has 0 amide bonds. The number of benzene rings is 2. The quantitative estimate of drug-likeness (QED) is 0.849. The van der Waals surface area contributed by atoms with Crippen molar-refractivity contribution in [2.75, 3.05) is 7.05 Å². The molecule has 0 saturated carbocycles. The molecule has 3 rings (SSSR count). The van der Waals surface area contributed by atoms with Crippen molar-refractivity contribution in [2.24, 2.45) is 0 Å². The van der Waals surface area contributed by atoms with Crippen LogP contribution in [0.15, 0.2) is 40.9 Å². The van der Waals surface area contributed by atoms with Crippen LogP contribution in [0.4, 0.5) is 4.39 Å². The van der Waals surface area contributed by atoms with E-state index in [2.05, 4.69) is 46.4 Å². The molecule has 0 spiro atoms. The Morgan fingerprint density at radius 1 is 1.19 bits per heavy atom. The first-order valence-electron chi connectivity index (χ1n) is 6.98. The van der Waals surface area contributed by atoms with Gasteiger partial charge >= 0.3 is 0 Å². The van der Waals surface area contributed by atoms with E-state index in [1.54, 1.807) is 6.07 Å². The van der Waals surface area contributed by atoms with Gasteiger partial charge in [-0.25, -0.2) is 4.39 Å². The van der Waals surface area contributed by atoms with Crippen LogP contribution in [-0.2, 0) is 0 Å². The Morgan fingerprint density at radius 2 is 1.95 bits per heavy atom. The molecule has 110 valence electrons. The predicted octanol–water partition coefficient (Wildman–Crippen LogP) is 4.68. The van der Waals surface area contributed by atoms with Crippen molar-refractivity contribution >= 4 is 15.9 Å². The first-order valence-corrected chi connectivity index (χ1v) is 7.77. The Labute approximate surface area is 132 Å². The summed E-state index contributed by atoms with van der Waals surface area (Å²) in [5, 5.41) is 3.29. The van der Waals surface area contributed by atoms with Gasteiger partial charge in [-0.15, -0.1) is 0 Å². The van der Waals surface area contributed by atoms with Crippen LogP contribution in [0, 0.1) is 12.7 Å². The minimum absolute atomic E-state index is 0.0910. The normalized spacial score (nSPS) is 20.8. The molecule has 2 unspecified atom stereocenters. The zero-order valence-corrected chi connectivity index (χ0v) is 13.6. The molecule has 0 fully saturated rings. The maximum absolute atomic E-state index is 13.5. The third-order valence-electron chi connectivity index (χ3n) is 3.92. The van der Waals surface area contributed by atoms with E-state index < -0.39 is 0 Å². The van der Waals surface area contributed by atoms with Crippen LogP contribution in [0.2, 0.25) is 0 Å². The number of hydrogen-bond donors (Lipinski definition) is 1. The predicted molar refractivity (Wildman–Crippen MR) is 85.1 cm³/mol. The van der Waals surface area contributed by atoms with Gasteiger partial charge in [-0.2, -0.15) is 0 Å². The highest BCUT2D eigenvalue weighted by molar-refractivity contribution is 9.10. The first-order chi connectivity index (χ1) is 10.1. The molecule has 4 heteroatoms. The summed E-state index contributed by atoms with van der Waals surface area (Å²) in [7, 11) is 1.92. The largest absolute Gasteiger partial charge is 0.485 e. The van der Waals surface area contributed by atoms with Gasteiger partial charge in [0.15, 0.2) is 0 Å². The fraction of sp³-hybridized carbons (Fsp3) is 0.294. The van der Waals surface area contributed by atoms with Crippen LogP contribution < -0.4 is 10.1 Å². The van der Waals surface area contributed by atoms with Crippen molar-refractivity contribution in [3.8, 4) is 5.75 Å². The minimum Gasteiger partial charge on any atom is -0.485 e. The van der Waals surface area contributed by atoms with E-state index >= 15 is 0 Å². The van der Waals surface area contributed by atoms with Crippen LogP contribution in [0.1, 0.15) is 35.3 Å². The number of hydrogen-bond acceptors (Lipinski definition) is 2. The van der Waals surface area contributed by atoms with E-state index in [4.69, 9.17) is 4.74 Å². The maximum atomic E-state index is 13.5. The highest BCUT2D eigenvalue weighted by atomic mass is 79.9. The Morgan fingerprint density at radius 3 is 2.67 bits per heavy atom. The zero-order valence-electron chi connectivity index (χ0n) is 12.0. The highest BCUT2D eigenvalue weighted by Crippen LogP contribution is 2.42. The van der Waals surface area contributed by atoms with Crippen molar-refractivity contribution in [2.45, 2.75) is 25.5 Å². The van der Waals surface area contributed by atoms with Crippen LogP contribution in [-0.4, -0.2) is 7.05 Å². The third-order valence-corrected chi connectivity index (χ3v) is 4.61. The Kier molecular flexibility index (Phi) is 4.00. The fourth-order valence-electron chi connectivity index (χ4n) is 2.80. The number of aryl methyl sites for hydroxylation is 1. The first kappa shape index (κ1) is 14.5. The minimum atomic E-state index is -0.271. The average Bonchev–Trinajstić information content (AvgIpc) is 2.45. The van der Waals surface area contributed by atoms with E-state index in [0.717, 1.165) is 22.0 Å². The second-order valence-corrected chi connectivity index (χ2v) is 6.24. The Bertz CT molecular complexity index is 674. The summed E-state index contributed by atoms with van der Waals surface area (Å²) in [5.41, 5.74) is 3.30. The lowest BCUT2D eigenvalue weighted by molar-refractivity contribution is 0.152. The molecule has 2 nitrogen and oxygen atoms in total. The third kappa shape index (κ3) is 2.83. The van der Waals surface area contributed by atoms with Gasteiger partial charge in [-0.3, -0.25) is 0 Å². The lowest BCUT2D eigenvalue weighted by Gasteiger charge is -2.33. The average molecular weight is 350 g/mol. The fourth-order valence-corrected chi connectivity index (χ4v) is 3.55. The number of ether oxygens (including phenoxy) is 1. The van der Waals surface area contributed by atoms with Gasteiger partial charge in [0.1, 0.15) is 17.7 Å². The number of fused-ring (bicyclic) bond motifs is 1. The molecule has 1 aliphatic rings. The van der Waals surface area contributed by atoms with Gasteiger partial charge in [0.25, 0.3) is 0 Å². The molecule has 1 aliphatic heterocycles. The molecule has 2 aromatic rings. The zero-order chi connectivity index (χ0) is 15.0. The molecule has 2 aromatic carbocycles. The van der Waals surface area contributed by atoms with Gasteiger partial charge in [-0.05, 0) is 31.7 Å². The molecule has 21 heavy (non-hydrogen) atoms. The summed E-state index contributed by atoms with van der Waals surface area (Å²) in [6.07, 6.45) is 0.725. The molecule has 0 bridgehead atoms. The number of halogens is 2. The van der Waals surface area contributed by atoms with E-state index in [9.17, 15) is 4.39 Å². The monoisotopic (exact) mass is 349 g/mol. The summed E-state index contributed by atoms with van der Waals surface area (Å²) in [5.74, 6) is 0.352. The van der Waals surface area contributed by atoms with Crippen molar-refractivity contribution in [3.63, 3.8) is 0 Å². The number of rotatable bonds is 2. The summed E-state index contributed by atoms with van der Waals surface area (Å²) < 4.78 is 20.5. The van der Waals surface area contributed by atoms with Crippen LogP contribution in [0.5, 0.6) is 5.75 Å².